The van der Waals surface area contributed by atoms with E-state index in [9.17, 15) is 9.59 Å². The van der Waals surface area contributed by atoms with Gasteiger partial charge in [-0.15, -0.1) is 0 Å². The predicted molar refractivity (Wildman–Crippen MR) is 106 cm³/mol. The molecule has 0 fully saturated rings. The lowest BCUT2D eigenvalue weighted by Gasteiger charge is -2.13. The van der Waals surface area contributed by atoms with E-state index in [4.69, 9.17) is 32.7 Å². The molecule has 2 rings (SSSR count). The second-order valence-corrected chi connectivity index (χ2v) is 6.39. The number of carbonyl (C=O) groups excluding carboxylic acids is 2. The van der Waals surface area contributed by atoms with Crippen molar-refractivity contribution in [1.29, 1.82) is 0 Å². The van der Waals surface area contributed by atoms with Crippen LogP contribution in [0, 0.1) is 0 Å². The highest BCUT2D eigenvalue weighted by Crippen LogP contribution is 2.25. The average Bonchev–Trinajstić information content (AvgIpc) is 2.65. The van der Waals surface area contributed by atoms with Crippen molar-refractivity contribution in [3.05, 3.63) is 69.7 Å². The summed E-state index contributed by atoms with van der Waals surface area (Å²) in [4.78, 5) is 24.1. The van der Waals surface area contributed by atoms with Crippen molar-refractivity contribution in [1.82, 2.24) is 5.32 Å². The van der Waals surface area contributed by atoms with E-state index in [-0.39, 0.29) is 6.54 Å². The van der Waals surface area contributed by atoms with Crippen LogP contribution in [0.5, 0.6) is 5.75 Å². The molecule has 0 saturated carbocycles. The lowest BCUT2D eigenvalue weighted by atomic mass is 10.2. The third kappa shape index (κ3) is 6.01. The standard InChI is InChI=1S/C20H19Cl2NO4/c1-13(20(25)23-12-14-6-3-4-9-18(14)26-2)27-19(24)11-10-15-16(21)7-5-8-17(15)22/h3-11,13H,12H2,1-2H3,(H,23,25)/b11-10+/t13-/m0/s1. The van der Waals surface area contributed by atoms with Crippen LogP contribution < -0.4 is 10.1 Å². The molecule has 0 saturated heterocycles. The summed E-state index contributed by atoms with van der Waals surface area (Å²) in [6.07, 6.45) is 1.67. The summed E-state index contributed by atoms with van der Waals surface area (Å²) in [6, 6.07) is 12.3. The monoisotopic (exact) mass is 407 g/mol. The minimum absolute atomic E-state index is 0.260. The third-order valence-electron chi connectivity index (χ3n) is 3.69. The number of hydrogen-bond acceptors (Lipinski definition) is 4. The average molecular weight is 408 g/mol. The Kier molecular flexibility index (Phi) is 7.70. The Bertz CT molecular complexity index is 831. The maximum absolute atomic E-state index is 12.1. The van der Waals surface area contributed by atoms with Crippen molar-refractivity contribution in [2.24, 2.45) is 0 Å². The Labute approximate surface area is 167 Å². The number of amides is 1. The van der Waals surface area contributed by atoms with Crippen molar-refractivity contribution in [2.75, 3.05) is 7.11 Å². The fourth-order valence-electron chi connectivity index (χ4n) is 2.26. The summed E-state index contributed by atoms with van der Waals surface area (Å²) >= 11 is 12.1. The number of carbonyl (C=O) groups is 2. The summed E-state index contributed by atoms with van der Waals surface area (Å²) in [5.41, 5.74) is 1.33. The first-order valence-corrected chi connectivity index (χ1v) is 8.90. The number of nitrogens with one attached hydrogen (secondary N) is 1. The van der Waals surface area contributed by atoms with Gasteiger partial charge in [0.1, 0.15) is 5.75 Å². The highest BCUT2D eigenvalue weighted by molar-refractivity contribution is 6.37. The van der Waals surface area contributed by atoms with E-state index in [1.165, 1.54) is 19.1 Å². The van der Waals surface area contributed by atoms with Gasteiger partial charge in [0.25, 0.3) is 5.91 Å². The molecule has 0 bridgehead atoms. The molecule has 1 atom stereocenters. The molecule has 142 valence electrons. The van der Waals surface area contributed by atoms with E-state index < -0.39 is 18.0 Å². The Hall–Kier alpha value is -2.50. The Morgan fingerprint density at radius 1 is 1.11 bits per heavy atom. The Morgan fingerprint density at radius 3 is 2.44 bits per heavy atom. The third-order valence-corrected chi connectivity index (χ3v) is 4.35. The number of halogens is 2. The first-order valence-electron chi connectivity index (χ1n) is 8.14. The van der Waals surface area contributed by atoms with Crippen molar-refractivity contribution in [3.63, 3.8) is 0 Å². The van der Waals surface area contributed by atoms with Gasteiger partial charge in [-0.25, -0.2) is 4.79 Å². The van der Waals surface area contributed by atoms with Crippen LogP contribution >= 0.6 is 23.2 Å². The summed E-state index contributed by atoms with van der Waals surface area (Å²) in [5, 5.41) is 3.53. The molecule has 0 aliphatic carbocycles. The fourth-order valence-corrected chi connectivity index (χ4v) is 2.79. The summed E-state index contributed by atoms with van der Waals surface area (Å²) < 4.78 is 10.3. The second kappa shape index (κ2) is 10.00. The van der Waals surface area contributed by atoms with Crippen LogP contribution in [0.15, 0.2) is 48.5 Å². The van der Waals surface area contributed by atoms with Crippen molar-refractivity contribution in [3.8, 4) is 5.75 Å². The quantitative estimate of drug-likeness (QED) is 0.549. The minimum Gasteiger partial charge on any atom is -0.496 e. The van der Waals surface area contributed by atoms with Gasteiger partial charge in [0.2, 0.25) is 0 Å². The van der Waals surface area contributed by atoms with Crippen LogP contribution in [0.3, 0.4) is 0 Å². The zero-order chi connectivity index (χ0) is 19.8. The predicted octanol–water partition coefficient (Wildman–Crippen LogP) is 4.26. The van der Waals surface area contributed by atoms with Gasteiger partial charge in [-0.3, -0.25) is 4.79 Å². The summed E-state index contributed by atoms with van der Waals surface area (Å²) in [5.74, 6) is -0.425. The van der Waals surface area contributed by atoms with Crippen LogP contribution in [0.2, 0.25) is 10.0 Å². The summed E-state index contributed by atoms with van der Waals surface area (Å²) in [7, 11) is 1.56. The number of rotatable bonds is 7. The van der Waals surface area contributed by atoms with E-state index in [0.717, 1.165) is 5.56 Å². The van der Waals surface area contributed by atoms with Crippen molar-refractivity contribution >= 4 is 41.2 Å². The van der Waals surface area contributed by atoms with Crippen LogP contribution in [-0.4, -0.2) is 25.1 Å². The van der Waals surface area contributed by atoms with Gasteiger partial charge < -0.3 is 14.8 Å². The van der Waals surface area contributed by atoms with Crippen LogP contribution in [0.25, 0.3) is 6.08 Å². The van der Waals surface area contributed by atoms with Gasteiger partial charge in [0, 0.05) is 33.8 Å². The summed E-state index contributed by atoms with van der Waals surface area (Å²) in [6.45, 7) is 1.75. The van der Waals surface area contributed by atoms with Gasteiger partial charge in [-0.2, -0.15) is 0 Å². The Morgan fingerprint density at radius 2 is 1.78 bits per heavy atom. The number of benzene rings is 2. The fraction of sp³-hybridized carbons (Fsp3) is 0.200. The van der Waals surface area contributed by atoms with E-state index in [2.05, 4.69) is 5.32 Å². The van der Waals surface area contributed by atoms with Crippen LogP contribution in [0.1, 0.15) is 18.1 Å². The van der Waals surface area contributed by atoms with E-state index >= 15 is 0 Å². The topological polar surface area (TPSA) is 64.6 Å². The molecule has 0 aliphatic heterocycles. The molecule has 5 nitrogen and oxygen atoms in total. The highest BCUT2D eigenvalue weighted by atomic mass is 35.5. The molecule has 0 unspecified atom stereocenters. The molecule has 0 aliphatic rings. The first kappa shape index (κ1) is 20.8. The van der Waals surface area contributed by atoms with Crippen LogP contribution in [-0.2, 0) is 20.9 Å². The number of esters is 1. The SMILES string of the molecule is COc1ccccc1CNC(=O)[C@H](C)OC(=O)/C=C/c1c(Cl)cccc1Cl. The van der Waals surface area contributed by atoms with Crippen molar-refractivity contribution in [2.45, 2.75) is 19.6 Å². The normalized spacial score (nSPS) is 11.9. The molecule has 1 amide bonds. The molecule has 0 heterocycles. The Balaban J connectivity index is 1.90. The minimum atomic E-state index is -0.960. The first-order chi connectivity index (χ1) is 12.9. The second-order valence-electron chi connectivity index (χ2n) is 5.58. The zero-order valence-electron chi connectivity index (χ0n) is 14.9. The molecule has 27 heavy (non-hydrogen) atoms. The lowest BCUT2D eigenvalue weighted by molar-refractivity contribution is -0.150. The van der Waals surface area contributed by atoms with E-state index in [0.29, 0.717) is 21.4 Å². The van der Waals surface area contributed by atoms with Gasteiger partial charge in [0.15, 0.2) is 6.10 Å². The number of ether oxygens (including phenoxy) is 2. The number of para-hydroxylation sites is 1. The number of methoxy groups -OCH3 is 1. The highest BCUT2D eigenvalue weighted by Gasteiger charge is 2.17. The smallest absolute Gasteiger partial charge is 0.331 e. The van der Waals surface area contributed by atoms with Gasteiger partial charge >= 0.3 is 5.97 Å². The lowest BCUT2D eigenvalue weighted by Crippen LogP contribution is -2.35. The molecule has 2 aromatic rings. The molecular formula is C20H19Cl2NO4. The van der Waals surface area contributed by atoms with Crippen molar-refractivity contribution < 1.29 is 19.1 Å². The maximum Gasteiger partial charge on any atom is 0.331 e. The molecular weight excluding hydrogens is 389 g/mol. The molecule has 0 aromatic heterocycles. The largest absolute Gasteiger partial charge is 0.496 e. The molecule has 0 radical (unpaired) electrons. The van der Waals surface area contributed by atoms with Gasteiger partial charge in [-0.1, -0.05) is 47.5 Å². The molecule has 0 spiro atoms. The van der Waals surface area contributed by atoms with E-state index in [1.54, 1.807) is 31.4 Å². The maximum atomic E-state index is 12.1. The van der Waals surface area contributed by atoms with Crippen LogP contribution in [0.4, 0.5) is 0 Å². The molecule has 2 aromatic carbocycles. The zero-order valence-corrected chi connectivity index (χ0v) is 16.4. The van der Waals surface area contributed by atoms with Gasteiger partial charge in [-0.05, 0) is 31.2 Å². The van der Waals surface area contributed by atoms with Gasteiger partial charge in [0.05, 0.1) is 7.11 Å². The molecule has 1 N–H and O–H groups in total. The number of hydrogen-bond donors (Lipinski definition) is 1. The molecule has 7 heteroatoms. The van der Waals surface area contributed by atoms with E-state index in [1.807, 2.05) is 18.2 Å².